The highest BCUT2D eigenvalue weighted by Gasteiger charge is 2.45. The highest BCUT2D eigenvalue weighted by atomic mass is 16.6. The van der Waals surface area contributed by atoms with Gasteiger partial charge in [0.1, 0.15) is 5.60 Å². The van der Waals surface area contributed by atoms with E-state index in [9.17, 15) is 4.79 Å². The Morgan fingerprint density at radius 3 is 2.47 bits per heavy atom. The number of nitrogens with two attached hydrogens (primary N) is 1. The van der Waals surface area contributed by atoms with E-state index in [1.165, 1.54) is 12.8 Å². The molecule has 2 fully saturated rings. The molecule has 0 radical (unpaired) electrons. The molecule has 2 rings (SSSR count). The minimum atomic E-state index is -0.423. The standard InChI is InChI=1S/C13H24N2O2/c1-13(2,3)17-12(16)15-7-6-10(9-4-5-9)11(15)8-14/h9-11H,4-8,14H2,1-3H3. The molecule has 4 nitrogen and oxygen atoms in total. The third-order valence-corrected chi connectivity index (χ3v) is 3.69. The van der Waals surface area contributed by atoms with E-state index < -0.39 is 5.60 Å². The van der Waals surface area contributed by atoms with Crippen LogP contribution in [0.3, 0.4) is 0 Å². The molecule has 0 aromatic heterocycles. The minimum Gasteiger partial charge on any atom is -0.444 e. The average Bonchev–Trinajstić information content (AvgIpc) is 2.94. The maximum Gasteiger partial charge on any atom is 0.410 e. The molecule has 1 saturated heterocycles. The fourth-order valence-corrected chi connectivity index (χ4v) is 2.80. The molecule has 0 aromatic rings. The summed E-state index contributed by atoms with van der Waals surface area (Å²) >= 11 is 0. The molecular formula is C13H24N2O2. The largest absolute Gasteiger partial charge is 0.444 e. The molecule has 2 atom stereocenters. The number of carbonyl (C=O) groups is 1. The molecule has 1 saturated carbocycles. The first-order valence-electron chi connectivity index (χ1n) is 6.62. The first-order chi connectivity index (χ1) is 7.92. The molecule has 0 aromatic carbocycles. The monoisotopic (exact) mass is 240 g/mol. The molecule has 4 heteroatoms. The molecule has 2 unspecified atom stereocenters. The van der Waals surface area contributed by atoms with E-state index in [4.69, 9.17) is 10.5 Å². The summed E-state index contributed by atoms with van der Waals surface area (Å²) in [6.07, 6.45) is 3.51. The van der Waals surface area contributed by atoms with Gasteiger partial charge in [0, 0.05) is 13.1 Å². The van der Waals surface area contributed by atoms with Crippen LogP contribution >= 0.6 is 0 Å². The van der Waals surface area contributed by atoms with Crippen LogP contribution in [0.1, 0.15) is 40.0 Å². The molecule has 0 spiro atoms. The van der Waals surface area contributed by atoms with Gasteiger partial charge in [0.05, 0.1) is 6.04 Å². The topological polar surface area (TPSA) is 55.6 Å². The van der Waals surface area contributed by atoms with Gasteiger partial charge in [0.25, 0.3) is 0 Å². The summed E-state index contributed by atoms with van der Waals surface area (Å²) in [6, 6.07) is 0.192. The van der Waals surface area contributed by atoms with Crippen LogP contribution in [0.5, 0.6) is 0 Å². The van der Waals surface area contributed by atoms with Crippen molar-refractivity contribution in [2.24, 2.45) is 17.6 Å². The van der Waals surface area contributed by atoms with Gasteiger partial charge >= 0.3 is 6.09 Å². The summed E-state index contributed by atoms with van der Waals surface area (Å²) in [6.45, 7) is 7.06. The number of hydrogen-bond acceptors (Lipinski definition) is 3. The van der Waals surface area contributed by atoms with E-state index in [1.54, 1.807) is 0 Å². The number of rotatable bonds is 2. The van der Waals surface area contributed by atoms with Gasteiger partial charge in [-0.3, -0.25) is 0 Å². The zero-order valence-corrected chi connectivity index (χ0v) is 11.1. The molecule has 17 heavy (non-hydrogen) atoms. The van der Waals surface area contributed by atoms with E-state index in [-0.39, 0.29) is 12.1 Å². The Morgan fingerprint density at radius 2 is 2.00 bits per heavy atom. The Morgan fingerprint density at radius 1 is 1.35 bits per heavy atom. The van der Waals surface area contributed by atoms with E-state index in [0.717, 1.165) is 18.9 Å². The van der Waals surface area contributed by atoms with E-state index in [0.29, 0.717) is 12.5 Å². The Balaban J connectivity index is 1.98. The molecule has 2 aliphatic rings. The van der Waals surface area contributed by atoms with Crippen molar-refractivity contribution in [3.8, 4) is 0 Å². The fraction of sp³-hybridized carbons (Fsp3) is 0.923. The molecule has 1 aliphatic heterocycles. The second kappa shape index (κ2) is 4.48. The first-order valence-corrected chi connectivity index (χ1v) is 6.62. The van der Waals surface area contributed by atoms with Gasteiger partial charge in [0.2, 0.25) is 0 Å². The first kappa shape index (κ1) is 12.7. The number of amides is 1. The van der Waals surface area contributed by atoms with Crippen LogP contribution in [-0.4, -0.2) is 35.7 Å². The van der Waals surface area contributed by atoms with Crippen LogP contribution in [-0.2, 0) is 4.74 Å². The van der Waals surface area contributed by atoms with E-state index in [2.05, 4.69) is 0 Å². The van der Waals surface area contributed by atoms with Gasteiger partial charge < -0.3 is 15.4 Å². The quantitative estimate of drug-likeness (QED) is 0.803. The van der Waals surface area contributed by atoms with Crippen molar-refractivity contribution in [2.75, 3.05) is 13.1 Å². The number of ether oxygens (including phenoxy) is 1. The van der Waals surface area contributed by atoms with Crippen LogP contribution in [0.15, 0.2) is 0 Å². The Hall–Kier alpha value is -0.770. The molecule has 1 heterocycles. The van der Waals surface area contributed by atoms with Crippen LogP contribution in [0.4, 0.5) is 4.79 Å². The lowest BCUT2D eigenvalue weighted by Crippen LogP contribution is -2.45. The molecule has 0 bridgehead atoms. The normalized spacial score (nSPS) is 29.5. The summed E-state index contributed by atoms with van der Waals surface area (Å²) < 4.78 is 5.43. The lowest BCUT2D eigenvalue weighted by molar-refractivity contribution is 0.0210. The molecule has 2 N–H and O–H groups in total. The van der Waals surface area contributed by atoms with Crippen molar-refractivity contribution in [3.05, 3.63) is 0 Å². The maximum atomic E-state index is 12.1. The van der Waals surface area contributed by atoms with Gasteiger partial charge in [-0.1, -0.05) is 0 Å². The Bertz CT molecular complexity index is 294. The van der Waals surface area contributed by atoms with Gasteiger partial charge in [-0.2, -0.15) is 0 Å². The predicted molar refractivity (Wildman–Crippen MR) is 66.6 cm³/mol. The van der Waals surface area contributed by atoms with Crippen LogP contribution in [0.2, 0.25) is 0 Å². The number of carbonyl (C=O) groups excluding carboxylic acids is 1. The summed E-state index contributed by atoms with van der Waals surface area (Å²) in [5.41, 5.74) is 5.41. The third kappa shape index (κ3) is 2.92. The van der Waals surface area contributed by atoms with Crippen LogP contribution in [0, 0.1) is 11.8 Å². The summed E-state index contributed by atoms with van der Waals surface area (Å²) in [5, 5.41) is 0. The number of nitrogens with zero attached hydrogens (tertiary/aromatic N) is 1. The Kier molecular flexibility index (Phi) is 3.34. The molecule has 98 valence electrons. The van der Waals surface area contributed by atoms with Gasteiger partial charge in [-0.05, 0) is 51.9 Å². The predicted octanol–water partition coefficient (Wildman–Crippen LogP) is 1.98. The van der Waals surface area contributed by atoms with Crippen LogP contribution in [0.25, 0.3) is 0 Å². The van der Waals surface area contributed by atoms with Crippen molar-refractivity contribution < 1.29 is 9.53 Å². The molecular weight excluding hydrogens is 216 g/mol. The zero-order valence-electron chi connectivity index (χ0n) is 11.1. The van der Waals surface area contributed by atoms with Crippen molar-refractivity contribution in [1.29, 1.82) is 0 Å². The van der Waals surface area contributed by atoms with Gasteiger partial charge in [-0.15, -0.1) is 0 Å². The highest BCUT2D eigenvalue weighted by molar-refractivity contribution is 5.69. The summed E-state index contributed by atoms with van der Waals surface area (Å²) in [4.78, 5) is 13.9. The van der Waals surface area contributed by atoms with E-state index >= 15 is 0 Å². The maximum absolute atomic E-state index is 12.1. The van der Waals surface area contributed by atoms with Crippen molar-refractivity contribution in [1.82, 2.24) is 4.90 Å². The number of hydrogen-bond donors (Lipinski definition) is 1. The SMILES string of the molecule is CC(C)(C)OC(=O)N1CCC(C2CC2)C1CN. The second-order valence-electron chi connectivity index (χ2n) is 6.27. The third-order valence-electron chi connectivity index (χ3n) is 3.69. The van der Waals surface area contributed by atoms with Crippen LogP contribution < -0.4 is 5.73 Å². The highest BCUT2D eigenvalue weighted by Crippen LogP contribution is 2.44. The fourth-order valence-electron chi connectivity index (χ4n) is 2.80. The van der Waals surface area contributed by atoms with Gasteiger partial charge in [-0.25, -0.2) is 4.79 Å². The van der Waals surface area contributed by atoms with Gasteiger partial charge in [0.15, 0.2) is 0 Å². The van der Waals surface area contributed by atoms with Crippen molar-refractivity contribution >= 4 is 6.09 Å². The minimum absolute atomic E-state index is 0.192. The lowest BCUT2D eigenvalue weighted by Gasteiger charge is -2.30. The second-order valence-corrected chi connectivity index (χ2v) is 6.27. The molecule has 1 amide bonds. The summed E-state index contributed by atoms with van der Waals surface area (Å²) in [5.74, 6) is 1.41. The van der Waals surface area contributed by atoms with Crippen molar-refractivity contribution in [3.63, 3.8) is 0 Å². The van der Waals surface area contributed by atoms with E-state index in [1.807, 2.05) is 25.7 Å². The van der Waals surface area contributed by atoms with Crippen molar-refractivity contribution in [2.45, 2.75) is 51.7 Å². The summed E-state index contributed by atoms with van der Waals surface area (Å²) in [7, 11) is 0. The number of likely N-dealkylation sites (tertiary alicyclic amines) is 1. The smallest absolute Gasteiger partial charge is 0.410 e. The molecule has 1 aliphatic carbocycles. The lowest BCUT2D eigenvalue weighted by atomic mass is 9.95. The average molecular weight is 240 g/mol. The Labute approximate surface area is 103 Å². The zero-order chi connectivity index (χ0) is 12.6.